The van der Waals surface area contributed by atoms with Crippen LogP contribution in [-0.4, -0.2) is 46.8 Å². The van der Waals surface area contributed by atoms with E-state index < -0.39 is 12.1 Å². The minimum absolute atomic E-state index is 0.203. The number of aromatic nitrogens is 2. The van der Waals surface area contributed by atoms with E-state index in [9.17, 15) is 9.59 Å². The maximum atomic E-state index is 11.5. The Kier molecular flexibility index (Phi) is 3.61. The number of carbonyl (C=O) groups is 1. The van der Waals surface area contributed by atoms with Crippen molar-refractivity contribution in [2.45, 2.75) is 19.4 Å². The summed E-state index contributed by atoms with van der Waals surface area (Å²) in [6.07, 6.45) is -0.250. The summed E-state index contributed by atoms with van der Waals surface area (Å²) in [5.41, 5.74) is -0.227. The van der Waals surface area contributed by atoms with Crippen molar-refractivity contribution >= 4 is 11.8 Å². The summed E-state index contributed by atoms with van der Waals surface area (Å²) in [6, 6.07) is 1.38. The van der Waals surface area contributed by atoms with E-state index in [2.05, 4.69) is 9.97 Å². The summed E-state index contributed by atoms with van der Waals surface area (Å²) in [6.45, 7) is 2.94. The van der Waals surface area contributed by atoms with Crippen molar-refractivity contribution in [2.75, 3.05) is 24.6 Å². The van der Waals surface area contributed by atoms with Gasteiger partial charge in [-0.15, -0.1) is 0 Å². The summed E-state index contributed by atoms with van der Waals surface area (Å²) in [5.74, 6) is 0.0984. The molecule has 1 fully saturated rings. The summed E-state index contributed by atoms with van der Waals surface area (Å²) in [5, 5.41) is 8.92. The zero-order chi connectivity index (χ0) is 13.1. The Morgan fingerprint density at radius 2 is 2.50 bits per heavy atom. The highest BCUT2D eigenvalue weighted by molar-refractivity contribution is 5.73. The number of aromatic amines is 1. The second kappa shape index (κ2) is 5.18. The summed E-state index contributed by atoms with van der Waals surface area (Å²) < 4.78 is 5.12. The standard InChI is InChI=1S/C11H15N3O4/c1-2-8-12-9(5-10(15)13-8)14-3-4-18-7(6-14)11(16)17/h5,7H,2-4,6H2,1H3,(H,16,17)(H,12,13,15). The number of anilines is 1. The van der Waals surface area contributed by atoms with Gasteiger partial charge in [-0.2, -0.15) is 0 Å². The van der Waals surface area contributed by atoms with Crippen molar-refractivity contribution < 1.29 is 14.6 Å². The average molecular weight is 253 g/mol. The molecular weight excluding hydrogens is 238 g/mol. The Morgan fingerprint density at radius 3 is 3.17 bits per heavy atom. The van der Waals surface area contributed by atoms with Crippen LogP contribution in [0.15, 0.2) is 10.9 Å². The largest absolute Gasteiger partial charge is 0.479 e. The lowest BCUT2D eigenvalue weighted by Gasteiger charge is -2.31. The molecule has 7 heteroatoms. The normalized spacial score (nSPS) is 19.8. The fourth-order valence-electron chi connectivity index (χ4n) is 1.83. The van der Waals surface area contributed by atoms with Gasteiger partial charge in [0.05, 0.1) is 13.2 Å². The summed E-state index contributed by atoms with van der Waals surface area (Å²) in [7, 11) is 0. The second-order valence-corrected chi connectivity index (χ2v) is 4.05. The molecule has 0 bridgehead atoms. The molecule has 2 N–H and O–H groups in total. The maximum absolute atomic E-state index is 11.5. The quantitative estimate of drug-likeness (QED) is 0.762. The third kappa shape index (κ3) is 2.67. The number of carboxylic acid groups (broad SMARTS) is 1. The second-order valence-electron chi connectivity index (χ2n) is 4.05. The monoisotopic (exact) mass is 253 g/mol. The molecule has 0 saturated carbocycles. The number of nitrogens with one attached hydrogen (secondary N) is 1. The van der Waals surface area contributed by atoms with Crippen LogP contribution in [0.25, 0.3) is 0 Å². The molecular formula is C11H15N3O4. The first-order valence-electron chi connectivity index (χ1n) is 5.79. The fraction of sp³-hybridized carbons (Fsp3) is 0.545. The molecule has 18 heavy (non-hydrogen) atoms. The van der Waals surface area contributed by atoms with Gasteiger partial charge in [0.25, 0.3) is 5.56 Å². The third-order valence-electron chi connectivity index (χ3n) is 2.78. The number of aryl methyl sites for hydroxylation is 1. The van der Waals surface area contributed by atoms with Gasteiger partial charge in [0.1, 0.15) is 11.6 Å². The van der Waals surface area contributed by atoms with E-state index in [1.54, 1.807) is 4.90 Å². The fourth-order valence-corrected chi connectivity index (χ4v) is 1.83. The van der Waals surface area contributed by atoms with Gasteiger partial charge in [-0.05, 0) is 0 Å². The molecule has 1 unspecified atom stereocenters. The molecule has 2 rings (SSSR count). The Balaban J connectivity index is 2.22. The molecule has 1 aliphatic rings. The van der Waals surface area contributed by atoms with Gasteiger partial charge in [-0.1, -0.05) is 6.92 Å². The van der Waals surface area contributed by atoms with Gasteiger partial charge in [0.15, 0.2) is 6.10 Å². The molecule has 1 aromatic heterocycles. The maximum Gasteiger partial charge on any atom is 0.334 e. The topological polar surface area (TPSA) is 95.5 Å². The first-order chi connectivity index (χ1) is 8.60. The molecule has 1 saturated heterocycles. The van der Waals surface area contributed by atoms with Crippen LogP contribution in [0.2, 0.25) is 0 Å². The number of aliphatic carboxylic acids is 1. The molecule has 1 aromatic rings. The number of carboxylic acids is 1. The first kappa shape index (κ1) is 12.6. The lowest BCUT2D eigenvalue weighted by molar-refractivity contribution is -0.150. The van der Waals surface area contributed by atoms with E-state index in [4.69, 9.17) is 9.84 Å². The Hall–Kier alpha value is -1.89. The van der Waals surface area contributed by atoms with Crippen molar-refractivity contribution in [2.24, 2.45) is 0 Å². The molecule has 2 heterocycles. The van der Waals surface area contributed by atoms with E-state index in [1.165, 1.54) is 6.07 Å². The van der Waals surface area contributed by atoms with Crippen molar-refractivity contribution in [1.82, 2.24) is 9.97 Å². The van der Waals surface area contributed by atoms with Crippen LogP contribution in [0.3, 0.4) is 0 Å². The van der Waals surface area contributed by atoms with Crippen molar-refractivity contribution in [3.63, 3.8) is 0 Å². The number of nitrogens with zero attached hydrogens (tertiary/aromatic N) is 2. The van der Waals surface area contributed by atoms with Gasteiger partial charge >= 0.3 is 5.97 Å². The van der Waals surface area contributed by atoms with Crippen LogP contribution in [-0.2, 0) is 16.0 Å². The predicted octanol–water partition coefficient (Wildman–Crippen LogP) is -0.378. The van der Waals surface area contributed by atoms with Gasteiger partial charge in [0, 0.05) is 19.0 Å². The van der Waals surface area contributed by atoms with E-state index in [1.807, 2.05) is 6.92 Å². The number of hydrogen-bond donors (Lipinski definition) is 2. The molecule has 0 amide bonds. The molecule has 0 spiro atoms. The van der Waals surface area contributed by atoms with E-state index in [0.717, 1.165) is 0 Å². The van der Waals surface area contributed by atoms with Crippen LogP contribution in [0, 0.1) is 0 Å². The zero-order valence-electron chi connectivity index (χ0n) is 10.0. The summed E-state index contributed by atoms with van der Waals surface area (Å²) in [4.78, 5) is 31.0. The van der Waals surface area contributed by atoms with E-state index >= 15 is 0 Å². The van der Waals surface area contributed by atoms with Gasteiger partial charge in [-0.25, -0.2) is 9.78 Å². The number of morpholine rings is 1. The SMILES string of the molecule is CCc1nc(N2CCOC(C(=O)O)C2)cc(=O)[nH]1. The molecule has 1 aliphatic heterocycles. The van der Waals surface area contributed by atoms with Crippen LogP contribution >= 0.6 is 0 Å². The predicted molar refractivity (Wildman–Crippen MR) is 63.8 cm³/mol. The highest BCUT2D eigenvalue weighted by Crippen LogP contribution is 2.13. The molecule has 7 nitrogen and oxygen atoms in total. The van der Waals surface area contributed by atoms with E-state index in [-0.39, 0.29) is 12.1 Å². The minimum Gasteiger partial charge on any atom is -0.479 e. The van der Waals surface area contributed by atoms with Crippen LogP contribution in [0.1, 0.15) is 12.7 Å². The number of rotatable bonds is 3. The van der Waals surface area contributed by atoms with Crippen molar-refractivity contribution in [1.29, 1.82) is 0 Å². The molecule has 0 aromatic carbocycles. The van der Waals surface area contributed by atoms with E-state index in [0.29, 0.717) is 31.2 Å². The van der Waals surface area contributed by atoms with Crippen LogP contribution in [0.5, 0.6) is 0 Å². The highest BCUT2D eigenvalue weighted by Gasteiger charge is 2.27. The number of hydrogen-bond acceptors (Lipinski definition) is 5. The van der Waals surface area contributed by atoms with Gasteiger partial charge < -0.3 is 19.7 Å². The lowest BCUT2D eigenvalue weighted by atomic mass is 10.2. The average Bonchev–Trinajstić information content (AvgIpc) is 2.38. The smallest absolute Gasteiger partial charge is 0.334 e. The molecule has 1 atom stereocenters. The van der Waals surface area contributed by atoms with Gasteiger partial charge in [-0.3, -0.25) is 4.79 Å². The Morgan fingerprint density at radius 1 is 1.72 bits per heavy atom. The number of ether oxygens (including phenoxy) is 1. The van der Waals surface area contributed by atoms with Crippen molar-refractivity contribution in [3.05, 3.63) is 22.2 Å². The molecule has 0 radical (unpaired) electrons. The molecule has 0 aliphatic carbocycles. The third-order valence-corrected chi connectivity index (χ3v) is 2.78. The lowest BCUT2D eigenvalue weighted by Crippen LogP contribution is -2.46. The first-order valence-corrected chi connectivity index (χ1v) is 5.79. The number of H-pyrrole nitrogens is 1. The Labute approximate surface area is 103 Å². The zero-order valence-corrected chi connectivity index (χ0v) is 10.0. The van der Waals surface area contributed by atoms with Crippen LogP contribution < -0.4 is 10.5 Å². The highest BCUT2D eigenvalue weighted by atomic mass is 16.5. The summed E-state index contributed by atoms with van der Waals surface area (Å²) >= 11 is 0. The minimum atomic E-state index is -1.000. The van der Waals surface area contributed by atoms with Crippen molar-refractivity contribution in [3.8, 4) is 0 Å². The Bertz CT molecular complexity index is 499. The molecule has 98 valence electrons. The van der Waals surface area contributed by atoms with Gasteiger partial charge in [0.2, 0.25) is 0 Å². The van der Waals surface area contributed by atoms with Crippen LogP contribution in [0.4, 0.5) is 5.82 Å².